The molecule has 0 aliphatic carbocycles. The predicted octanol–water partition coefficient (Wildman–Crippen LogP) is 0.852. The molecule has 1 heterocycles. The Bertz CT molecular complexity index is 194. The average molecular weight is 139 g/mol. The molecule has 10 heavy (non-hydrogen) atoms. The van der Waals surface area contributed by atoms with E-state index in [-0.39, 0.29) is 0 Å². The van der Waals surface area contributed by atoms with Gasteiger partial charge in [-0.15, -0.1) is 0 Å². The van der Waals surface area contributed by atoms with Crippen molar-refractivity contribution in [3.63, 3.8) is 0 Å². The van der Waals surface area contributed by atoms with Crippen LogP contribution in [0, 0.1) is 0 Å². The minimum atomic E-state index is -0.837. The van der Waals surface area contributed by atoms with Crippen LogP contribution in [0.25, 0.3) is 0 Å². The molecule has 0 aromatic rings. The normalized spacial score (nSPS) is 17.0. The van der Waals surface area contributed by atoms with E-state index in [0.29, 0.717) is 12.0 Å². The maximum atomic E-state index is 10.4. The van der Waals surface area contributed by atoms with E-state index < -0.39 is 5.97 Å². The molecule has 0 aromatic heterocycles. The number of carboxylic acid groups (broad SMARTS) is 1. The summed E-state index contributed by atoms with van der Waals surface area (Å²) in [5, 5.41) is 11.3. The molecule has 0 unspecified atom stereocenters. The second-order valence-electron chi connectivity index (χ2n) is 2.08. The summed E-state index contributed by atoms with van der Waals surface area (Å²) in [5.41, 5.74) is 0.435. The summed E-state index contributed by atoms with van der Waals surface area (Å²) in [4.78, 5) is 10.4. The van der Waals surface area contributed by atoms with Crippen LogP contribution >= 0.6 is 0 Å². The minimum absolute atomic E-state index is 0.435. The molecule has 0 radical (unpaired) electrons. The molecular weight excluding hydrogens is 130 g/mol. The van der Waals surface area contributed by atoms with Crippen LogP contribution in [0.4, 0.5) is 0 Å². The van der Waals surface area contributed by atoms with Gasteiger partial charge in [0.2, 0.25) is 0 Å². The van der Waals surface area contributed by atoms with Crippen molar-refractivity contribution in [3.05, 3.63) is 24.0 Å². The molecule has 54 valence electrons. The third-order valence-electron chi connectivity index (χ3n) is 1.33. The van der Waals surface area contributed by atoms with E-state index in [0.717, 1.165) is 6.42 Å². The number of hydrogen-bond acceptors (Lipinski definition) is 2. The fourth-order valence-corrected chi connectivity index (χ4v) is 0.780. The highest BCUT2D eigenvalue weighted by molar-refractivity contribution is 5.86. The smallest absolute Gasteiger partial charge is 0.333 e. The largest absolute Gasteiger partial charge is 0.478 e. The number of carbonyl (C=O) groups is 1. The van der Waals surface area contributed by atoms with Crippen LogP contribution in [0.1, 0.15) is 12.8 Å². The van der Waals surface area contributed by atoms with E-state index in [4.69, 9.17) is 5.11 Å². The molecule has 3 nitrogen and oxygen atoms in total. The number of carboxylic acids is 1. The molecule has 0 amide bonds. The Morgan fingerprint density at radius 1 is 1.70 bits per heavy atom. The lowest BCUT2D eigenvalue weighted by molar-refractivity contribution is -0.132. The number of allylic oxidation sites excluding steroid dienone is 1. The lowest BCUT2D eigenvalue weighted by Gasteiger charge is -1.94. The van der Waals surface area contributed by atoms with E-state index in [1.54, 1.807) is 6.20 Å². The zero-order valence-corrected chi connectivity index (χ0v) is 5.50. The minimum Gasteiger partial charge on any atom is -0.478 e. The lowest BCUT2D eigenvalue weighted by atomic mass is 10.2. The van der Waals surface area contributed by atoms with Crippen LogP contribution in [0.5, 0.6) is 0 Å². The van der Waals surface area contributed by atoms with Crippen molar-refractivity contribution in [2.45, 2.75) is 12.8 Å². The summed E-state index contributed by atoms with van der Waals surface area (Å²) in [6.07, 6.45) is 6.58. The summed E-state index contributed by atoms with van der Waals surface area (Å²) in [5.74, 6) is -0.837. The average Bonchev–Trinajstić information content (AvgIpc) is 2.12. The van der Waals surface area contributed by atoms with Gasteiger partial charge in [-0.3, -0.25) is 0 Å². The predicted molar refractivity (Wildman–Crippen MR) is 37.2 cm³/mol. The van der Waals surface area contributed by atoms with Crippen LogP contribution < -0.4 is 5.32 Å². The Labute approximate surface area is 59.0 Å². The van der Waals surface area contributed by atoms with Gasteiger partial charge >= 0.3 is 5.97 Å². The van der Waals surface area contributed by atoms with Crippen molar-refractivity contribution in [1.82, 2.24) is 5.32 Å². The first-order valence-corrected chi connectivity index (χ1v) is 3.14. The van der Waals surface area contributed by atoms with Gasteiger partial charge in [-0.2, -0.15) is 0 Å². The molecule has 0 saturated carbocycles. The zero-order chi connectivity index (χ0) is 7.40. The SMILES string of the molecule is O=C(O)C1=CNC=CCC1. The van der Waals surface area contributed by atoms with Crippen molar-refractivity contribution < 1.29 is 9.90 Å². The molecule has 1 aliphatic rings. The highest BCUT2D eigenvalue weighted by Crippen LogP contribution is 2.06. The van der Waals surface area contributed by atoms with Crippen molar-refractivity contribution in [2.75, 3.05) is 0 Å². The third-order valence-corrected chi connectivity index (χ3v) is 1.33. The number of rotatable bonds is 1. The highest BCUT2D eigenvalue weighted by atomic mass is 16.4. The van der Waals surface area contributed by atoms with Gasteiger partial charge in [0.05, 0.1) is 5.57 Å². The standard InChI is InChI=1S/C7H9NO2/c9-7(10)6-3-1-2-4-8-5-6/h2,4-5,8H,1,3H2,(H,9,10). The molecule has 0 bridgehead atoms. The van der Waals surface area contributed by atoms with Crippen LogP contribution in [-0.2, 0) is 4.79 Å². The monoisotopic (exact) mass is 139 g/mol. The van der Waals surface area contributed by atoms with Gasteiger partial charge < -0.3 is 10.4 Å². The highest BCUT2D eigenvalue weighted by Gasteiger charge is 2.05. The van der Waals surface area contributed by atoms with Gasteiger partial charge in [0.15, 0.2) is 0 Å². The molecule has 3 heteroatoms. The summed E-state index contributed by atoms with van der Waals surface area (Å²) in [6.45, 7) is 0. The fourth-order valence-electron chi connectivity index (χ4n) is 0.780. The zero-order valence-electron chi connectivity index (χ0n) is 5.50. The first-order chi connectivity index (χ1) is 4.80. The third kappa shape index (κ3) is 1.62. The second kappa shape index (κ2) is 3.06. The number of nitrogens with one attached hydrogen (secondary N) is 1. The van der Waals surface area contributed by atoms with Gasteiger partial charge in [-0.25, -0.2) is 4.79 Å². The van der Waals surface area contributed by atoms with Crippen molar-refractivity contribution in [3.8, 4) is 0 Å². The van der Waals surface area contributed by atoms with Crippen molar-refractivity contribution >= 4 is 5.97 Å². The molecule has 0 fully saturated rings. The fraction of sp³-hybridized carbons (Fsp3) is 0.286. The van der Waals surface area contributed by atoms with Crippen molar-refractivity contribution in [1.29, 1.82) is 0 Å². The number of hydrogen-bond donors (Lipinski definition) is 2. The molecule has 0 aromatic carbocycles. The molecule has 1 rings (SSSR count). The maximum Gasteiger partial charge on any atom is 0.333 e. The molecular formula is C7H9NO2. The van der Waals surface area contributed by atoms with E-state index in [9.17, 15) is 4.79 Å². The Kier molecular flexibility index (Phi) is 2.10. The van der Waals surface area contributed by atoms with E-state index in [2.05, 4.69) is 5.32 Å². The first kappa shape index (κ1) is 6.86. The van der Waals surface area contributed by atoms with Gasteiger partial charge in [0, 0.05) is 6.20 Å². The summed E-state index contributed by atoms with van der Waals surface area (Å²) < 4.78 is 0. The summed E-state index contributed by atoms with van der Waals surface area (Å²) in [7, 11) is 0. The Morgan fingerprint density at radius 2 is 2.50 bits per heavy atom. The summed E-state index contributed by atoms with van der Waals surface area (Å²) >= 11 is 0. The number of aliphatic carboxylic acids is 1. The van der Waals surface area contributed by atoms with E-state index in [1.807, 2.05) is 6.08 Å². The van der Waals surface area contributed by atoms with Gasteiger partial charge in [0.1, 0.15) is 0 Å². The van der Waals surface area contributed by atoms with Gasteiger partial charge in [0.25, 0.3) is 0 Å². The Hall–Kier alpha value is -1.25. The van der Waals surface area contributed by atoms with Crippen molar-refractivity contribution in [2.24, 2.45) is 0 Å². The maximum absolute atomic E-state index is 10.4. The van der Waals surface area contributed by atoms with Crippen LogP contribution in [0.2, 0.25) is 0 Å². The topological polar surface area (TPSA) is 49.3 Å². The van der Waals surface area contributed by atoms with Gasteiger partial charge in [-0.1, -0.05) is 6.08 Å². The Balaban J connectivity index is 2.61. The molecule has 2 N–H and O–H groups in total. The first-order valence-electron chi connectivity index (χ1n) is 3.14. The van der Waals surface area contributed by atoms with Crippen LogP contribution in [0.3, 0.4) is 0 Å². The Morgan fingerprint density at radius 3 is 3.20 bits per heavy atom. The second-order valence-corrected chi connectivity index (χ2v) is 2.08. The molecule has 0 spiro atoms. The molecule has 1 aliphatic heterocycles. The van der Waals surface area contributed by atoms with Gasteiger partial charge in [-0.05, 0) is 19.0 Å². The molecule has 0 saturated heterocycles. The lowest BCUT2D eigenvalue weighted by Crippen LogP contribution is -2.03. The van der Waals surface area contributed by atoms with Crippen LogP contribution in [0.15, 0.2) is 24.0 Å². The van der Waals surface area contributed by atoms with E-state index >= 15 is 0 Å². The summed E-state index contributed by atoms with van der Waals surface area (Å²) in [6, 6.07) is 0. The van der Waals surface area contributed by atoms with Crippen LogP contribution in [-0.4, -0.2) is 11.1 Å². The molecule has 0 atom stereocenters. The quantitative estimate of drug-likeness (QED) is 0.566. The van der Waals surface area contributed by atoms with E-state index in [1.165, 1.54) is 6.20 Å².